The summed E-state index contributed by atoms with van der Waals surface area (Å²) in [5, 5.41) is 0.0367. The zero-order chi connectivity index (χ0) is 15.7. The van der Waals surface area contributed by atoms with Crippen molar-refractivity contribution in [2.45, 2.75) is 65.8 Å². The minimum Gasteiger partial charge on any atom is -0.437 e. The Hall–Kier alpha value is 0.418. The van der Waals surface area contributed by atoms with E-state index in [9.17, 15) is 4.79 Å². The molecule has 0 spiro atoms. The second-order valence-corrected chi connectivity index (χ2v) is 23.7. The topological polar surface area (TPSA) is 44.8 Å². The number of hydrogen-bond acceptors (Lipinski definition) is 4. The first-order chi connectivity index (χ1) is 8.06. The maximum absolute atomic E-state index is 12.0. The summed E-state index contributed by atoms with van der Waals surface area (Å²) < 4.78 is 18.5. The highest BCUT2D eigenvalue weighted by atomic mass is 28.5. The van der Waals surface area contributed by atoms with Crippen LogP contribution < -0.4 is 0 Å². The molecule has 0 N–H and O–H groups in total. The Balaban J connectivity index is 5.09. The molecular formula is C11H30O4Si4. The van der Waals surface area contributed by atoms with Gasteiger partial charge >= 0.3 is 17.1 Å². The lowest BCUT2D eigenvalue weighted by Gasteiger charge is -2.39. The molecule has 0 aliphatic carbocycles. The van der Waals surface area contributed by atoms with Crippen LogP contribution in [0.1, 0.15) is 6.92 Å². The summed E-state index contributed by atoms with van der Waals surface area (Å²) in [6.45, 7) is 20.1. The second kappa shape index (κ2) is 6.04. The van der Waals surface area contributed by atoms with Crippen molar-refractivity contribution in [3.63, 3.8) is 0 Å². The zero-order valence-electron chi connectivity index (χ0n) is 14.1. The van der Waals surface area contributed by atoms with Gasteiger partial charge in [-0.3, -0.25) is 4.79 Å². The van der Waals surface area contributed by atoms with Crippen molar-refractivity contribution in [1.29, 1.82) is 0 Å². The SMILES string of the molecule is CC(=O)[Si](C)(O[Si](C)(C)C)O[Si](C)(C)O[Si](C)(C)C. The lowest BCUT2D eigenvalue weighted by molar-refractivity contribution is -0.112. The first-order valence-electron chi connectivity index (χ1n) is 6.68. The van der Waals surface area contributed by atoms with Crippen molar-refractivity contribution in [3.05, 3.63) is 0 Å². The minimum atomic E-state index is -2.82. The van der Waals surface area contributed by atoms with Crippen LogP contribution in [0.3, 0.4) is 0 Å². The van der Waals surface area contributed by atoms with Gasteiger partial charge in [-0.1, -0.05) is 0 Å². The summed E-state index contributed by atoms with van der Waals surface area (Å²) in [5.41, 5.74) is 0. The fourth-order valence-corrected chi connectivity index (χ4v) is 18.5. The molecule has 4 nitrogen and oxygen atoms in total. The third-order valence-corrected chi connectivity index (χ3v) is 15.4. The lowest BCUT2D eigenvalue weighted by Crippen LogP contribution is -2.60. The Bertz CT molecular complexity index is 333. The van der Waals surface area contributed by atoms with E-state index in [-0.39, 0.29) is 5.41 Å². The monoisotopic (exact) mass is 338 g/mol. The number of hydrogen-bond donors (Lipinski definition) is 0. The van der Waals surface area contributed by atoms with E-state index < -0.39 is 33.8 Å². The van der Waals surface area contributed by atoms with Gasteiger partial charge in [0, 0.05) is 0 Å². The van der Waals surface area contributed by atoms with Crippen LogP contribution in [0.5, 0.6) is 0 Å². The molecule has 19 heavy (non-hydrogen) atoms. The number of carbonyl (C=O) groups is 1. The molecular weight excluding hydrogens is 308 g/mol. The molecule has 0 aromatic carbocycles. The van der Waals surface area contributed by atoms with Crippen molar-refractivity contribution >= 4 is 39.2 Å². The van der Waals surface area contributed by atoms with E-state index in [1.165, 1.54) is 0 Å². The van der Waals surface area contributed by atoms with Gasteiger partial charge in [-0.25, -0.2) is 0 Å². The number of carbonyl (C=O) groups excluding carboxylic acids is 1. The zero-order valence-corrected chi connectivity index (χ0v) is 18.1. The van der Waals surface area contributed by atoms with E-state index in [2.05, 4.69) is 39.3 Å². The van der Waals surface area contributed by atoms with Crippen LogP contribution >= 0.6 is 0 Å². The van der Waals surface area contributed by atoms with Gasteiger partial charge in [-0.15, -0.1) is 0 Å². The first-order valence-corrected chi connectivity index (χ1v) is 18.6. The highest BCUT2D eigenvalue weighted by Gasteiger charge is 2.48. The summed E-state index contributed by atoms with van der Waals surface area (Å²) in [4.78, 5) is 12.0. The predicted molar refractivity (Wildman–Crippen MR) is 89.7 cm³/mol. The Labute approximate surface area is 122 Å². The Morgan fingerprint density at radius 3 is 1.32 bits per heavy atom. The fourth-order valence-electron chi connectivity index (χ4n) is 1.98. The van der Waals surface area contributed by atoms with E-state index in [4.69, 9.17) is 12.3 Å². The van der Waals surface area contributed by atoms with Gasteiger partial charge in [0.1, 0.15) is 0 Å². The third kappa shape index (κ3) is 8.33. The average Bonchev–Trinajstić information content (AvgIpc) is 1.91. The smallest absolute Gasteiger partial charge is 0.387 e. The van der Waals surface area contributed by atoms with Gasteiger partial charge in [0.15, 0.2) is 22.0 Å². The molecule has 0 fully saturated rings. The maximum Gasteiger partial charge on any atom is 0.387 e. The highest BCUT2D eigenvalue weighted by molar-refractivity contribution is 7.04. The third-order valence-electron chi connectivity index (χ3n) is 2.13. The molecule has 0 aliphatic heterocycles. The molecule has 0 rings (SSSR count). The summed E-state index contributed by atoms with van der Waals surface area (Å²) in [7, 11) is -8.65. The van der Waals surface area contributed by atoms with Gasteiger partial charge in [-0.05, 0) is 65.8 Å². The van der Waals surface area contributed by atoms with Crippen molar-refractivity contribution in [2.24, 2.45) is 0 Å². The van der Waals surface area contributed by atoms with E-state index in [0.717, 1.165) is 0 Å². The molecule has 114 valence electrons. The largest absolute Gasteiger partial charge is 0.437 e. The molecule has 8 heteroatoms. The van der Waals surface area contributed by atoms with Crippen LogP contribution in [0, 0.1) is 0 Å². The second-order valence-electron chi connectivity index (χ2n) is 7.43. The van der Waals surface area contributed by atoms with Crippen LogP contribution in [-0.2, 0) is 17.1 Å². The van der Waals surface area contributed by atoms with Crippen LogP contribution in [0.2, 0.25) is 58.9 Å². The normalized spacial score (nSPS) is 17.2. The Morgan fingerprint density at radius 2 is 1.05 bits per heavy atom. The molecule has 0 aliphatic rings. The van der Waals surface area contributed by atoms with Crippen LogP contribution in [0.4, 0.5) is 0 Å². The standard InChI is InChI=1S/C11H30O4Si4/c1-11(12)19(10,14-17(5,6)7)15-18(8,9)13-16(2,3)4/h1-10H3. The van der Waals surface area contributed by atoms with E-state index >= 15 is 0 Å². The van der Waals surface area contributed by atoms with Gasteiger partial charge in [0.2, 0.25) is 0 Å². The van der Waals surface area contributed by atoms with Gasteiger partial charge in [0.05, 0.1) is 0 Å². The van der Waals surface area contributed by atoms with E-state index in [1.54, 1.807) is 6.92 Å². The molecule has 1 atom stereocenters. The molecule has 0 heterocycles. The summed E-state index contributed by atoms with van der Waals surface area (Å²) in [6.07, 6.45) is 0. The first kappa shape index (κ1) is 19.4. The lowest BCUT2D eigenvalue weighted by atomic mass is 10.9. The summed E-state index contributed by atoms with van der Waals surface area (Å²) in [5.74, 6) is 0. The Kier molecular flexibility index (Phi) is 6.17. The molecule has 0 saturated carbocycles. The van der Waals surface area contributed by atoms with Gasteiger partial charge in [0.25, 0.3) is 0 Å². The Morgan fingerprint density at radius 1 is 0.684 bits per heavy atom. The van der Waals surface area contributed by atoms with Gasteiger partial charge < -0.3 is 12.3 Å². The maximum atomic E-state index is 12.0. The van der Waals surface area contributed by atoms with E-state index in [0.29, 0.717) is 0 Å². The molecule has 0 saturated heterocycles. The van der Waals surface area contributed by atoms with Crippen LogP contribution in [0.25, 0.3) is 0 Å². The average molecular weight is 339 g/mol. The van der Waals surface area contributed by atoms with Crippen molar-refractivity contribution < 1.29 is 17.1 Å². The van der Waals surface area contributed by atoms with Crippen molar-refractivity contribution in [3.8, 4) is 0 Å². The number of rotatable bonds is 7. The molecule has 0 aromatic rings. The van der Waals surface area contributed by atoms with Gasteiger partial charge in [-0.2, -0.15) is 0 Å². The van der Waals surface area contributed by atoms with E-state index in [1.807, 2.05) is 19.6 Å². The minimum absolute atomic E-state index is 0.0367. The molecule has 0 radical (unpaired) electrons. The molecule has 1 unspecified atom stereocenters. The fraction of sp³-hybridized carbons (Fsp3) is 0.909. The summed E-state index contributed by atoms with van der Waals surface area (Å²) >= 11 is 0. The molecule has 0 aromatic heterocycles. The summed E-state index contributed by atoms with van der Waals surface area (Å²) in [6, 6.07) is 0. The highest BCUT2D eigenvalue weighted by Crippen LogP contribution is 2.24. The molecule has 0 bridgehead atoms. The quantitative estimate of drug-likeness (QED) is 0.665. The molecule has 0 amide bonds. The van der Waals surface area contributed by atoms with Crippen molar-refractivity contribution in [1.82, 2.24) is 0 Å². The van der Waals surface area contributed by atoms with Crippen LogP contribution in [-0.4, -0.2) is 39.2 Å². The van der Waals surface area contributed by atoms with Crippen LogP contribution in [0.15, 0.2) is 0 Å². The van der Waals surface area contributed by atoms with Crippen molar-refractivity contribution in [2.75, 3.05) is 0 Å². The predicted octanol–water partition coefficient (Wildman–Crippen LogP) is 3.61.